The van der Waals surface area contributed by atoms with Crippen molar-refractivity contribution in [2.75, 3.05) is 11.9 Å². The van der Waals surface area contributed by atoms with Gasteiger partial charge in [0.25, 0.3) is 0 Å². The Hall–Kier alpha value is -0.800. The van der Waals surface area contributed by atoms with Crippen LogP contribution in [-0.2, 0) is 9.53 Å². The Bertz CT molecular complexity index is 476. The first kappa shape index (κ1) is 16.3. The van der Waals surface area contributed by atoms with E-state index < -0.39 is 28.5 Å². The molecule has 0 aromatic carbocycles. The highest BCUT2D eigenvalue weighted by molar-refractivity contribution is 7.13. The van der Waals surface area contributed by atoms with Crippen molar-refractivity contribution in [2.24, 2.45) is 5.73 Å². The van der Waals surface area contributed by atoms with Crippen LogP contribution in [0.2, 0.25) is 0 Å². The molecule has 0 spiro atoms. The molecule has 1 heterocycles. The van der Waals surface area contributed by atoms with Crippen LogP contribution in [-0.4, -0.2) is 32.6 Å². The fourth-order valence-electron chi connectivity index (χ4n) is 0.884. The quantitative estimate of drug-likeness (QED) is 0.718. The van der Waals surface area contributed by atoms with Crippen LogP contribution in [0.15, 0.2) is 5.38 Å². The monoisotopic (exact) mass is 347 g/mol. The Balaban J connectivity index is 2.54. The van der Waals surface area contributed by atoms with Crippen LogP contribution >= 0.6 is 46.1 Å². The van der Waals surface area contributed by atoms with Crippen molar-refractivity contribution in [3.63, 3.8) is 0 Å². The van der Waals surface area contributed by atoms with E-state index in [1.54, 1.807) is 0 Å². The Labute approximate surface area is 126 Å². The number of rotatable bonds is 4. The van der Waals surface area contributed by atoms with E-state index >= 15 is 0 Å². The van der Waals surface area contributed by atoms with Gasteiger partial charge in [-0.1, -0.05) is 34.8 Å². The molecular weight excluding hydrogens is 341 g/mol. The molecule has 4 N–H and O–H groups in total. The molecule has 0 fully saturated rings. The van der Waals surface area contributed by atoms with Crippen molar-refractivity contribution in [3.8, 4) is 0 Å². The number of hydrogen-bond acceptors (Lipinski definition) is 6. The number of halogens is 3. The highest BCUT2D eigenvalue weighted by Gasteiger charge is 2.23. The number of amides is 1. The number of carboxylic acids is 1. The topological polar surface area (TPSA) is 115 Å². The number of carbonyl (C=O) groups is 2. The van der Waals surface area contributed by atoms with Crippen LogP contribution in [0.5, 0.6) is 0 Å². The summed E-state index contributed by atoms with van der Waals surface area (Å²) >= 11 is 17.2. The lowest BCUT2D eigenvalue weighted by Gasteiger charge is -2.10. The number of anilines is 1. The van der Waals surface area contributed by atoms with E-state index in [0.29, 0.717) is 0 Å². The first-order valence-electron chi connectivity index (χ1n) is 4.63. The van der Waals surface area contributed by atoms with Crippen molar-refractivity contribution in [1.82, 2.24) is 4.98 Å². The highest BCUT2D eigenvalue weighted by atomic mass is 35.6. The number of nitrogens with zero attached hydrogens (tertiary/aromatic N) is 1. The maximum absolute atomic E-state index is 11.3. The SMILES string of the molecule is N[C@@H](C(=O)O)c1csc(NC(=O)OCC(Cl)(Cl)Cl)n1. The van der Waals surface area contributed by atoms with Crippen molar-refractivity contribution < 1.29 is 19.4 Å². The maximum Gasteiger partial charge on any atom is 0.413 e. The number of aliphatic carboxylic acids is 1. The van der Waals surface area contributed by atoms with E-state index in [0.717, 1.165) is 11.3 Å². The van der Waals surface area contributed by atoms with Gasteiger partial charge in [0, 0.05) is 5.38 Å². The number of aromatic nitrogens is 1. The standard InChI is InChI=1S/C8H8Cl3N3O4S/c9-8(10,11)2-18-7(17)14-6-13-3(1-19-6)4(12)5(15)16/h1,4H,2,12H2,(H,15,16)(H,13,14,17)/t4-/m1/s1. The van der Waals surface area contributed by atoms with Gasteiger partial charge in [0.2, 0.25) is 3.79 Å². The Morgan fingerprint density at radius 3 is 2.74 bits per heavy atom. The molecule has 0 bridgehead atoms. The summed E-state index contributed by atoms with van der Waals surface area (Å²) in [5.74, 6) is -1.23. The van der Waals surface area contributed by atoms with Crippen molar-refractivity contribution in [2.45, 2.75) is 9.83 Å². The molecule has 1 amide bonds. The van der Waals surface area contributed by atoms with Gasteiger partial charge in [0.1, 0.15) is 12.6 Å². The lowest BCUT2D eigenvalue weighted by Crippen LogP contribution is -2.22. The third kappa shape index (κ3) is 5.79. The summed E-state index contributed by atoms with van der Waals surface area (Å²) in [6.45, 7) is -0.434. The van der Waals surface area contributed by atoms with Gasteiger partial charge in [-0.3, -0.25) is 10.1 Å². The minimum Gasteiger partial charge on any atom is -0.480 e. The van der Waals surface area contributed by atoms with Crippen LogP contribution in [0, 0.1) is 0 Å². The lowest BCUT2D eigenvalue weighted by atomic mass is 10.2. The highest BCUT2D eigenvalue weighted by Crippen LogP contribution is 2.26. The van der Waals surface area contributed by atoms with E-state index in [1.165, 1.54) is 5.38 Å². The minimum absolute atomic E-state index is 0.120. The average molecular weight is 349 g/mol. The summed E-state index contributed by atoms with van der Waals surface area (Å²) in [5, 5.41) is 12.5. The molecule has 7 nitrogen and oxygen atoms in total. The third-order valence-electron chi connectivity index (χ3n) is 1.68. The Morgan fingerprint density at radius 1 is 1.58 bits per heavy atom. The molecule has 11 heteroatoms. The molecule has 19 heavy (non-hydrogen) atoms. The fourth-order valence-corrected chi connectivity index (χ4v) is 1.78. The number of nitrogens with two attached hydrogens (primary N) is 1. The van der Waals surface area contributed by atoms with Gasteiger partial charge < -0.3 is 15.6 Å². The molecule has 0 radical (unpaired) electrons. The normalized spacial score (nSPS) is 12.8. The number of hydrogen-bond donors (Lipinski definition) is 3. The molecule has 1 rings (SSSR count). The van der Waals surface area contributed by atoms with E-state index in [9.17, 15) is 9.59 Å². The predicted molar refractivity (Wildman–Crippen MR) is 71.9 cm³/mol. The molecular formula is C8H8Cl3N3O4S. The van der Waals surface area contributed by atoms with Gasteiger partial charge in [0.15, 0.2) is 5.13 Å². The number of carbonyl (C=O) groups excluding carboxylic acids is 1. The van der Waals surface area contributed by atoms with E-state index in [1.807, 2.05) is 0 Å². The third-order valence-corrected chi connectivity index (χ3v) is 2.79. The summed E-state index contributed by atoms with van der Waals surface area (Å²) in [7, 11) is 0. The van der Waals surface area contributed by atoms with Crippen LogP contribution in [0.3, 0.4) is 0 Å². The average Bonchev–Trinajstić information content (AvgIpc) is 2.72. The zero-order valence-electron chi connectivity index (χ0n) is 9.10. The predicted octanol–water partition coefficient (Wildman–Crippen LogP) is 2.15. The number of carboxylic acid groups (broad SMARTS) is 1. The first-order valence-corrected chi connectivity index (χ1v) is 6.65. The molecule has 0 aliphatic heterocycles. The molecule has 0 unspecified atom stereocenters. The van der Waals surface area contributed by atoms with Crippen LogP contribution < -0.4 is 11.1 Å². The van der Waals surface area contributed by atoms with Gasteiger partial charge in [-0.2, -0.15) is 0 Å². The van der Waals surface area contributed by atoms with E-state index in [2.05, 4.69) is 15.0 Å². The number of ether oxygens (including phenoxy) is 1. The maximum atomic E-state index is 11.3. The van der Waals surface area contributed by atoms with E-state index in [-0.39, 0.29) is 10.8 Å². The molecule has 0 saturated heterocycles. The Morgan fingerprint density at radius 2 is 2.21 bits per heavy atom. The number of thiazole rings is 1. The van der Waals surface area contributed by atoms with Gasteiger partial charge in [0.05, 0.1) is 5.69 Å². The number of nitrogens with one attached hydrogen (secondary N) is 1. The van der Waals surface area contributed by atoms with Crippen molar-refractivity contribution >= 4 is 63.3 Å². The summed E-state index contributed by atoms with van der Waals surface area (Å²) < 4.78 is 2.89. The summed E-state index contributed by atoms with van der Waals surface area (Å²) in [6.07, 6.45) is -0.879. The second-order valence-corrected chi connectivity index (χ2v) is 6.58. The molecule has 106 valence electrons. The molecule has 0 aliphatic rings. The minimum atomic E-state index is -1.71. The zero-order valence-corrected chi connectivity index (χ0v) is 12.2. The lowest BCUT2D eigenvalue weighted by molar-refractivity contribution is -0.138. The van der Waals surface area contributed by atoms with Crippen molar-refractivity contribution in [1.29, 1.82) is 0 Å². The van der Waals surface area contributed by atoms with Gasteiger partial charge in [-0.05, 0) is 0 Å². The molecule has 0 aliphatic carbocycles. The smallest absolute Gasteiger partial charge is 0.413 e. The second kappa shape index (κ2) is 6.58. The molecule has 0 saturated carbocycles. The number of alkyl halides is 3. The fraction of sp³-hybridized carbons (Fsp3) is 0.375. The van der Waals surface area contributed by atoms with Gasteiger partial charge in [-0.25, -0.2) is 9.78 Å². The zero-order chi connectivity index (χ0) is 14.6. The molecule has 1 aromatic rings. The molecule has 1 aromatic heterocycles. The molecule has 1 atom stereocenters. The first-order chi connectivity index (χ1) is 8.69. The van der Waals surface area contributed by atoms with E-state index in [4.69, 9.17) is 45.6 Å². The summed E-state index contributed by atoms with van der Waals surface area (Å²) in [6, 6.07) is -1.26. The summed E-state index contributed by atoms with van der Waals surface area (Å²) in [5.41, 5.74) is 5.47. The largest absolute Gasteiger partial charge is 0.480 e. The Kier molecular flexibility index (Phi) is 5.63. The van der Waals surface area contributed by atoms with Crippen LogP contribution in [0.25, 0.3) is 0 Å². The van der Waals surface area contributed by atoms with Crippen molar-refractivity contribution in [3.05, 3.63) is 11.1 Å². The second-order valence-electron chi connectivity index (χ2n) is 3.21. The van der Waals surface area contributed by atoms with Gasteiger partial charge in [-0.15, -0.1) is 11.3 Å². The summed E-state index contributed by atoms with van der Waals surface area (Å²) in [4.78, 5) is 25.7. The van der Waals surface area contributed by atoms with Gasteiger partial charge >= 0.3 is 12.1 Å². The van der Waals surface area contributed by atoms with Crippen LogP contribution in [0.4, 0.5) is 9.93 Å². The van der Waals surface area contributed by atoms with Crippen LogP contribution in [0.1, 0.15) is 11.7 Å².